The first-order valence-electron chi connectivity index (χ1n) is 14.6. The molecule has 5 aromatic rings. The molecule has 0 radical (unpaired) electrons. The first-order chi connectivity index (χ1) is 21.8. The predicted molar refractivity (Wildman–Crippen MR) is 171 cm³/mol. The lowest BCUT2D eigenvalue weighted by molar-refractivity contribution is -0.139. The van der Waals surface area contributed by atoms with Crippen LogP contribution in [-0.2, 0) is 22.7 Å². The van der Waals surface area contributed by atoms with Crippen LogP contribution in [0.3, 0.4) is 0 Å². The number of aliphatic carboxylic acids is 1. The van der Waals surface area contributed by atoms with E-state index in [9.17, 15) is 14.7 Å². The molecule has 45 heavy (non-hydrogen) atoms. The van der Waals surface area contributed by atoms with Crippen molar-refractivity contribution < 1.29 is 24.2 Å². The van der Waals surface area contributed by atoms with Gasteiger partial charge in [0.2, 0.25) is 5.91 Å². The fourth-order valence-corrected chi connectivity index (χ4v) is 5.40. The van der Waals surface area contributed by atoms with E-state index in [-0.39, 0.29) is 5.91 Å². The summed E-state index contributed by atoms with van der Waals surface area (Å²) in [7, 11) is 3.29. The molecule has 2 atom stereocenters. The number of aryl methyl sites for hydroxylation is 1. The largest absolute Gasteiger partial charge is 0.497 e. The quantitative estimate of drug-likeness (QED) is 0.190. The lowest BCUT2D eigenvalue weighted by Crippen LogP contribution is -2.24. The Labute approximate surface area is 260 Å². The smallest absolute Gasteiger partial charge is 0.307 e. The van der Waals surface area contributed by atoms with Gasteiger partial charge in [0.05, 0.1) is 31.7 Å². The van der Waals surface area contributed by atoms with E-state index in [1.807, 2.05) is 73.7 Å². The Balaban J connectivity index is 1.44. The first-order valence-corrected chi connectivity index (χ1v) is 14.6. The summed E-state index contributed by atoms with van der Waals surface area (Å²) in [5.41, 5.74) is 4.78. The third-order valence-electron chi connectivity index (χ3n) is 8.07. The molecule has 10 heteroatoms. The Hall–Kier alpha value is -5.51. The second kappa shape index (κ2) is 12.6. The van der Waals surface area contributed by atoms with Crippen LogP contribution in [0.5, 0.6) is 11.5 Å². The zero-order chi connectivity index (χ0) is 31.5. The van der Waals surface area contributed by atoms with E-state index in [4.69, 9.17) is 14.5 Å². The molecule has 6 rings (SSSR count). The maximum absolute atomic E-state index is 12.8. The second-order valence-corrected chi connectivity index (χ2v) is 11.1. The van der Waals surface area contributed by atoms with Crippen LogP contribution in [0.25, 0.3) is 22.0 Å². The number of benzene rings is 2. The van der Waals surface area contributed by atoms with Crippen molar-refractivity contribution in [1.82, 2.24) is 15.0 Å². The number of rotatable bonds is 11. The van der Waals surface area contributed by atoms with E-state index >= 15 is 0 Å². The number of nitrogens with one attached hydrogen (secondary N) is 1. The Bertz CT molecular complexity index is 1810. The summed E-state index contributed by atoms with van der Waals surface area (Å²) in [4.78, 5) is 40.4. The molecule has 10 nitrogen and oxygen atoms in total. The number of hydrogen-bond donors (Lipinski definition) is 2. The molecular weight excluding hydrogens is 570 g/mol. The summed E-state index contributed by atoms with van der Waals surface area (Å²) < 4.78 is 10.7. The van der Waals surface area contributed by atoms with E-state index in [0.717, 1.165) is 56.0 Å². The third-order valence-corrected chi connectivity index (χ3v) is 8.07. The minimum Gasteiger partial charge on any atom is -0.497 e. The average molecular weight is 604 g/mol. The zero-order valence-electron chi connectivity index (χ0n) is 25.2. The first kappa shape index (κ1) is 29.6. The molecule has 2 N–H and O–H groups in total. The van der Waals surface area contributed by atoms with Gasteiger partial charge < -0.3 is 24.8 Å². The van der Waals surface area contributed by atoms with E-state index in [0.29, 0.717) is 25.3 Å². The van der Waals surface area contributed by atoms with Crippen LogP contribution in [0.4, 0.5) is 11.6 Å². The molecule has 1 amide bonds. The van der Waals surface area contributed by atoms with Gasteiger partial charge in [0, 0.05) is 42.6 Å². The van der Waals surface area contributed by atoms with Crippen LogP contribution in [0, 0.1) is 18.8 Å². The van der Waals surface area contributed by atoms with E-state index in [1.165, 1.54) is 0 Å². The summed E-state index contributed by atoms with van der Waals surface area (Å²) >= 11 is 0. The zero-order valence-corrected chi connectivity index (χ0v) is 25.2. The summed E-state index contributed by atoms with van der Waals surface area (Å²) in [6.07, 6.45) is 5.59. The van der Waals surface area contributed by atoms with Crippen LogP contribution < -0.4 is 19.7 Å². The molecule has 0 spiro atoms. The SMILES string of the molecule is COc1ccc(CN(Cc2ccc(OC)cc2)c2nc(-c3cnccc3C)cc3cc(NC(=O)[C@H]4C[C@H]4C(=O)O)ncc23)cc1. The number of aromatic nitrogens is 3. The number of methoxy groups -OCH3 is 2. The summed E-state index contributed by atoms with van der Waals surface area (Å²) in [6.45, 7) is 3.11. The average Bonchev–Trinajstić information content (AvgIpc) is 3.87. The number of pyridine rings is 3. The molecule has 0 bridgehead atoms. The molecule has 2 aromatic carbocycles. The van der Waals surface area contributed by atoms with Crippen molar-refractivity contribution in [3.05, 3.63) is 102 Å². The standard InChI is InChI=1S/C35H33N5O5/c1-21-12-13-36-17-29(21)31-14-24-15-32(39-34(41)27-16-28(27)35(42)43)37-18-30(24)33(38-31)40(19-22-4-8-25(44-2)9-5-22)20-23-6-10-26(45-3)11-7-23/h4-15,17-18,27-28H,16,19-20H2,1-3H3,(H,42,43)(H,37,39,41)/t27-,28+/m0/s1. The summed E-state index contributed by atoms with van der Waals surface area (Å²) in [5, 5.41) is 13.7. The second-order valence-electron chi connectivity index (χ2n) is 11.1. The maximum Gasteiger partial charge on any atom is 0.307 e. The number of carbonyl (C=O) groups excluding carboxylic acids is 1. The van der Waals surface area contributed by atoms with Gasteiger partial charge in [0.15, 0.2) is 0 Å². The van der Waals surface area contributed by atoms with Gasteiger partial charge in [-0.3, -0.25) is 14.6 Å². The Morgan fingerprint density at radius 1 is 0.911 bits per heavy atom. The van der Waals surface area contributed by atoms with Gasteiger partial charge in [0.25, 0.3) is 0 Å². The molecular formula is C35H33N5O5. The van der Waals surface area contributed by atoms with Gasteiger partial charge in [-0.25, -0.2) is 9.97 Å². The van der Waals surface area contributed by atoms with E-state index in [1.54, 1.807) is 32.8 Å². The van der Waals surface area contributed by atoms with Crippen molar-refractivity contribution in [3.63, 3.8) is 0 Å². The highest BCUT2D eigenvalue weighted by Gasteiger charge is 2.48. The summed E-state index contributed by atoms with van der Waals surface area (Å²) in [6, 6.07) is 21.6. The Morgan fingerprint density at radius 3 is 2.11 bits per heavy atom. The highest BCUT2D eigenvalue weighted by Crippen LogP contribution is 2.40. The Kier molecular flexibility index (Phi) is 8.28. The number of hydrogen-bond acceptors (Lipinski definition) is 8. The Morgan fingerprint density at radius 2 is 1.56 bits per heavy atom. The van der Waals surface area contributed by atoms with Gasteiger partial charge in [-0.2, -0.15) is 0 Å². The fourth-order valence-electron chi connectivity index (χ4n) is 5.40. The lowest BCUT2D eigenvalue weighted by atomic mass is 10.0. The van der Waals surface area contributed by atoms with Gasteiger partial charge in [-0.05, 0) is 77.9 Å². The molecule has 1 aliphatic carbocycles. The molecule has 3 heterocycles. The minimum atomic E-state index is -0.956. The number of carboxylic acid groups (broad SMARTS) is 1. The topological polar surface area (TPSA) is 127 Å². The molecule has 0 saturated heterocycles. The third kappa shape index (κ3) is 6.54. The number of anilines is 2. The number of carbonyl (C=O) groups is 2. The minimum absolute atomic E-state index is 0.332. The van der Waals surface area contributed by atoms with E-state index < -0.39 is 17.8 Å². The molecule has 0 aliphatic heterocycles. The monoisotopic (exact) mass is 603 g/mol. The molecule has 228 valence electrons. The molecule has 1 fully saturated rings. The van der Waals surface area contributed by atoms with Gasteiger partial charge in [-0.1, -0.05) is 24.3 Å². The van der Waals surface area contributed by atoms with Crippen LogP contribution in [-0.4, -0.2) is 46.2 Å². The summed E-state index contributed by atoms with van der Waals surface area (Å²) in [5.74, 6) is 0.130. The normalized spacial score (nSPS) is 15.4. The van der Waals surface area contributed by atoms with Crippen molar-refractivity contribution in [1.29, 1.82) is 0 Å². The lowest BCUT2D eigenvalue weighted by Gasteiger charge is -2.26. The van der Waals surface area contributed by atoms with Crippen molar-refractivity contribution in [2.24, 2.45) is 11.8 Å². The van der Waals surface area contributed by atoms with Gasteiger partial charge in [0.1, 0.15) is 23.1 Å². The number of nitrogens with zero attached hydrogens (tertiary/aromatic N) is 4. The molecule has 1 aliphatic rings. The van der Waals surface area contributed by atoms with Crippen LogP contribution in [0.15, 0.2) is 85.3 Å². The number of fused-ring (bicyclic) bond motifs is 1. The van der Waals surface area contributed by atoms with Crippen LogP contribution in [0.2, 0.25) is 0 Å². The molecule has 0 unspecified atom stereocenters. The van der Waals surface area contributed by atoms with E-state index in [2.05, 4.69) is 20.2 Å². The van der Waals surface area contributed by atoms with Crippen molar-refractivity contribution >= 4 is 34.3 Å². The highest BCUT2D eigenvalue weighted by atomic mass is 16.5. The highest BCUT2D eigenvalue weighted by molar-refractivity contribution is 6.00. The fraction of sp³-hybridized carbons (Fsp3) is 0.229. The van der Waals surface area contributed by atoms with Crippen LogP contribution in [0.1, 0.15) is 23.1 Å². The molecule has 1 saturated carbocycles. The molecule has 3 aromatic heterocycles. The number of ether oxygens (including phenoxy) is 2. The maximum atomic E-state index is 12.8. The number of carboxylic acids is 1. The van der Waals surface area contributed by atoms with Crippen molar-refractivity contribution in [2.75, 3.05) is 24.4 Å². The van der Waals surface area contributed by atoms with Crippen LogP contribution >= 0.6 is 0 Å². The van der Waals surface area contributed by atoms with Gasteiger partial charge in [-0.15, -0.1) is 0 Å². The van der Waals surface area contributed by atoms with Gasteiger partial charge >= 0.3 is 5.97 Å². The van der Waals surface area contributed by atoms with Crippen molar-refractivity contribution in [3.8, 4) is 22.8 Å². The number of amides is 1. The predicted octanol–water partition coefficient (Wildman–Crippen LogP) is 5.88. The van der Waals surface area contributed by atoms with Crippen molar-refractivity contribution in [2.45, 2.75) is 26.4 Å².